The molecule has 7 heteroatoms. The fraction of sp³-hybridized carbons (Fsp3) is 0.0606. The summed E-state index contributed by atoms with van der Waals surface area (Å²) in [7, 11) is 0. The molecule has 0 saturated heterocycles. The number of nitrogens with one attached hydrogen (secondary N) is 1. The Labute approximate surface area is 236 Å². The van der Waals surface area contributed by atoms with Gasteiger partial charge in [0.05, 0.1) is 16.8 Å². The minimum absolute atomic E-state index is 0.250. The van der Waals surface area contributed by atoms with E-state index >= 15 is 0 Å². The van der Waals surface area contributed by atoms with Gasteiger partial charge in [-0.3, -0.25) is 4.79 Å². The van der Waals surface area contributed by atoms with Crippen molar-refractivity contribution < 1.29 is 19.1 Å². The van der Waals surface area contributed by atoms with Crippen LogP contribution in [0, 0.1) is 6.92 Å². The van der Waals surface area contributed by atoms with Gasteiger partial charge >= 0.3 is 5.97 Å². The first-order chi connectivity index (χ1) is 19.5. The zero-order chi connectivity index (χ0) is 27.9. The topological polar surface area (TPSA) is 77.0 Å². The lowest BCUT2D eigenvalue weighted by molar-refractivity contribution is 0.0734. The number of benzene rings is 5. The van der Waals surface area contributed by atoms with E-state index in [0.717, 1.165) is 16.3 Å². The van der Waals surface area contributed by atoms with E-state index in [4.69, 9.17) is 21.1 Å². The second kappa shape index (κ2) is 12.3. The highest BCUT2D eigenvalue weighted by molar-refractivity contribution is 6.33. The van der Waals surface area contributed by atoms with Crippen molar-refractivity contribution in [1.29, 1.82) is 0 Å². The molecule has 0 fully saturated rings. The Morgan fingerprint density at radius 2 is 1.57 bits per heavy atom. The molecular weight excluding hydrogens is 524 g/mol. The third-order valence-corrected chi connectivity index (χ3v) is 6.56. The Hall–Kier alpha value is -4.94. The van der Waals surface area contributed by atoms with Gasteiger partial charge in [0.1, 0.15) is 18.1 Å². The third-order valence-electron chi connectivity index (χ3n) is 6.23. The number of carbonyl (C=O) groups is 2. The number of hydrazone groups is 1. The van der Waals surface area contributed by atoms with Gasteiger partial charge in [-0.1, -0.05) is 83.9 Å². The molecule has 0 bridgehead atoms. The van der Waals surface area contributed by atoms with Gasteiger partial charge in [0, 0.05) is 11.1 Å². The van der Waals surface area contributed by atoms with E-state index in [2.05, 4.69) is 10.5 Å². The lowest BCUT2D eigenvalue weighted by Crippen LogP contribution is -2.17. The summed E-state index contributed by atoms with van der Waals surface area (Å²) < 4.78 is 11.5. The van der Waals surface area contributed by atoms with Crippen LogP contribution in [-0.4, -0.2) is 18.1 Å². The van der Waals surface area contributed by atoms with Crippen molar-refractivity contribution in [2.75, 3.05) is 0 Å². The van der Waals surface area contributed by atoms with Gasteiger partial charge < -0.3 is 9.47 Å². The number of ether oxygens (including phenoxy) is 2. The molecule has 0 spiro atoms. The standard InChI is InChI=1S/C33H25ClN2O4/c1-22-10-12-23(13-11-22)21-39-26-17-14-25(15-18-26)32(37)36-35-20-29-27-7-3-2-6-24(27)16-19-31(29)40-33(38)28-8-4-5-9-30(28)34/h2-20H,21H2,1H3,(H,36,37)/b35-20-. The van der Waals surface area contributed by atoms with Crippen molar-refractivity contribution in [1.82, 2.24) is 5.43 Å². The van der Waals surface area contributed by atoms with Gasteiger partial charge in [-0.05, 0) is 65.7 Å². The molecule has 0 radical (unpaired) electrons. The summed E-state index contributed by atoms with van der Waals surface area (Å²) in [6.07, 6.45) is 1.47. The first-order valence-electron chi connectivity index (χ1n) is 12.6. The Balaban J connectivity index is 1.29. The highest BCUT2D eigenvalue weighted by atomic mass is 35.5. The number of carbonyl (C=O) groups excluding carboxylic acids is 2. The van der Waals surface area contributed by atoms with E-state index in [0.29, 0.717) is 28.5 Å². The lowest BCUT2D eigenvalue weighted by atomic mass is 10.0. The third kappa shape index (κ3) is 6.37. The molecule has 0 unspecified atom stereocenters. The molecule has 6 nitrogen and oxygen atoms in total. The molecule has 1 N–H and O–H groups in total. The highest BCUT2D eigenvalue weighted by Gasteiger charge is 2.16. The molecule has 0 saturated carbocycles. The molecule has 0 aliphatic rings. The molecule has 1 amide bonds. The maximum Gasteiger partial charge on any atom is 0.345 e. The van der Waals surface area contributed by atoms with Crippen LogP contribution in [0.1, 0.15) is 37.4 Å². The summed E-state index contributed by atoms with van der Waals surface area (Å²) in [6, 6.07) is 32.8. The molecular formula is C33H25ClN2O4. The first kappa shape index (κ1) is 26.7. The predicted molar refractivity (Wildman–Crippen MR) is 157 cm³/mol. The Bertz CT molecular complexity index is 1700. The molecule has 0 atom stereocenters. The lowest BCUT2D eigenvalue weighted by Gasteiger charge is -2.11. The number of halogens is 1. The predicted octanol–water partition coefficient (Wildman–Crippen LogP) is 7.36. The first-order valence-corrected chi connectivity index (χ1v) is 13.0. The molecule has 5 rings (SSSR count). The van der Waals surface area contributed by atoms with E-state index in [-0.39, 0.29) is 11.3 Å². The number of esters is 1. The second-order valence-electron chi connectivity index (χ2n) is 9.07. The fourth-order valence-corrected chi connectivity index (χ4v) is 4.27. The Kier molecular flexibility index (Phi) is 8.18. The molecule has 198 valence electrons. The Morgan fingerprint density at radius 1 is 0.850 bits per heavy atom. The van der Waals surface area contributed by atoms with Crippen LogP contribution in [0.25, 0.3) is 10.8 Å². The minimum atomic E-state index is -0.593. The van der Waals surface area contributed by atoms with E-state index in [1.807, 2.05) is 61.5 Å². The van der Waals surface area contributed by atoms with Crippen LogP contribution < -0.4 is 14.9 Å². The average molecular weight is 549 g/mol. The van der Waals surface area contributed by atoms with Crippen molar-refractivity contribution in [3.8, 4) is 11.5 Å². The van der Waals surface area contributed by atoms with Crippen LogP contribution in [0.2, 0.25) is 5.02 Å². The van der Waals surface area contributed by atoms with Crippen LogP contribution in [0.5, 0.6) is 11.5 Å². The van der Waals surface area contributed by atoms with Gasteiger partial charge in [0.15, 0.2) is 0 Å². The molecule has 5 aromatic carbocycles. The monoisotopic (exact) mass is 548 g/mol. The molecule has 0 aliphatic carbocycles. The largest absolute Gasteiger partial charge is 0.489 e. The quantitative estimate of drug-likeness (QED) is 0.0950. The smallest absolute Gasteiger partial charge is 0.345 e. The zero-order valence-electron chi connectivity index (χ0n) is 21.6. The number of aryl methyl sites for hydroxylation is 1. The zero-order valence-corrected chi connectivity index (χ0v) is 22.4. The normalized spacial score (nSPS) is 10.9. The van der Waals surface area contributed by atoms with E-state index in [1.165, 1.54) is 11.8 Å². The van der Waals surface area contributed by atoms with E-state index < -0.39 is 11.9 Å². The number of hydrogen-bond acceptors (Lipinski definition) is 5. The summed E-state index contributed by atoms with van der Waals surface area (Å²) in [5.41, 5.74) is 6.01. The average Bonchev–Trinajstić information content (AvgIpc) is 2.98. The van der Waals surface area contributed by atoms with Gasteiger partial charge in [0.25, 0.3) is 5.91 Å². The van der Waals surface area contributed by atoms with Crippen molar-refractivity contribution >= 4 is 40.5 Å². The van der Waals surface area contributed by atoms with Gasteiger partial charge in [-0.25, -0.2) is 10.2 Å². The number of amides is 1. The van der Waals surface area contributed by atoms with Gasteiger partial charge in [-0.15, -0.1) is 0 Å². The molecule has 0 heterocycles. The van der Waals surface area contributed by atoms with Crippen LogP contribution in [0.15, 0.2) is 114 Å². The van der Waals surface area contributed by atoms with Gasteiger partial charge in [0.2, 0.25) is 0 Å². The number of nitrogens with zero attached hydrogens (tertiary/aromatic N) is 1. The maximum absolute atomic E-state index is 12.8. The van der Waals surface area contributed by atoms with Crippen molar-refractivity contribution in [3.63, 3.8) is 0 Å². The molecule has 40 heavy (non-hydrogen) atoms. The molecule has 5 aromatic rings. The summed E-state index contributed by atoms with van der Waals surface area (Å²) >= 11 is 6.17. The van der Waals surface area contributed by atoms with Crippen LogP contribution in [0.3, 0.4) is 0 Å². The van der Waals surface area contributed by atoms with Crippen LogP contribution >= 0.6 is 11.6 Å². The summed E-state index contributed by atoms with van der Waals surface area (Å²) in [5, 5.41) is 6.18. The molecule has 0 aromatic heterocycles. The second-order valence-corrected chi connectivity index (χ2v) is 9.47. The number of hydrogen-bond donors (Lipinski definition) is 1. The van der Waals surface area contributed by atoms with Crippen LogP contribution in [0.4, 0.5) is 0 Å². The number of fused-ring (bicyclic) bond motifs is 1. The fourth-order valence-electron chi connectivity index (χ4n) is 4.05. The van der Waals surface area contributed by atoms with Crippen molar-refractivity contribution in [2.24, 2.45) is 5.10 Å². The van der Waals surface area contributed by atoms with Crippen molar-refractivity contribution in [3.05, 3.63) is 142 Å². The summed E-state index contributed by atoms with van der Waals surface area (Å²) in [4.78, 5) is 25.6. The highest BCUT2D eigenvalue weighted by Crippen LogP contribution is 2.28. The summed E-state index contributed by atoms with van der Waals surface area (Å²) in [6.45, 7) is 2.47. The maximum atomic E-state index is 12.8. The van der Waals surface area contributed by atoms with E-state index in [9.17, 15) is 9.59 Å². The van der Waals surface area contributed by atoms with Crippen molar-refractivity contribution in [2.45, 2.75) is 13.5 Å². The SMILES string of the molecule is Cc1ccc(COc2ccc(C(=O)N/N=C\c3c(OC(=O)c4ccccc4Cl)ccc4ccccc34)cc2)cc1. The molecule has 0 aliphatic heterocycles. The van der Waals surface area contributed by atoms with Crippen LogP contribution in [-0.2, 0) is 6.61 Å². The minimum Gasteiger partial charge on any atom is -0.489 e. The Morgan fingerprint density at radius 3 is 2.35 bits per heavy atom. The number of rotatable bonds is 8. The summed E-state index contributed by atoms with van der Waals surface area (Å²) in [5.74, 6) is -0.0431. The van der Waals surface area contributed by atoms with E-state index in [1.54, 1.807) is 54.6 Å². The van der Waals surface area contributed by atoms with Gasteiger partial charge in [-0.2, -0.15) is 5.10 Å².